The van der Waals surface area contributed by atoms with E-state index in [9.17, 15) is 4.39 Å². The van der Waals surface area contributed by atoms with Crippen LogP contribution >= 0.6 is 0 Å². The van der Waals surface area contributed by atoms with Crippen molar-refractivity contribution in [3.05, 3.63) is 0 Å². The van der Waals surface area contributed by atoms with Crippen molar-refractivity contribution in [1.82, 2.24) is 0 Å². The van der Waals surface area contributed by atoms with E-state index in [-0.39, 0.29) is 12.7 Å². The quantitative estimate of drug-likeness (QED) is 0.612. The summed E-state index contributed by atoms with van der Waals surface area (Å²) in [5, 5.41) is 8.56. The predicted octanol–water partition coefficient (Wildman–Crippen LogP) is 1.38. The SMILES string of the molecule is C#C.CC1CCC(CO)O1.CF. The zero-order valence-electron chi connectivity index (χ0n) is 7.66. The molecule has 2 nitrogen and oxygen atoms in total. The Bertz CT molecular complexity index is 104. The third kappa shape index (κ3) is 6.14. The Morgan fingerprint density at radius 3 is 2.08 bits per heavy atom. The molecular formula is C9H17FO2. The second kappa shape index (κ2) is 10.4. The molecule has 0 amide bonds. The van der Waals surface area contributed by atoms with Gasteiger partial charge in [-0.3, -0.25) is 4.39 Å². The molecule has 1 fully saturated rings. The minimum absolute atomic E-state index is 0.130. The average Bonchev–Trinajstić information content (AvgIpc) is 2.58. The molecular weight excluding hydrogens is 159 g/mol. The van der Waals surface area contributed by atoms with E-state index in [0.29, 0.717) is 13.3 Å². The molecule has 72 valence electrons. The molecule has 0 bridgehead atoms. The van der Waals surface area contributed by atoms with E-state index < -0.39 is 0 Å². The van der Waals surface area contributed by atoms with Gasteiger partial charge in [-0.1, -0.05) is 0 Å². The summed E-state index contributed by atoms with van der Waals surface area (Å²) in [7, 11) is 0.500. The molecule has 1 rings (SSSR count). The fourth-order valence-electron chi connectivity index (χ4n) is 1.02. The zero-order valence-corrected chi connectivity index (χ0v) is 7.66. The molecule has 0 aromatic rings. The third-order valence-corrected chi connectivity index (χ3v) is 1.52. The van der Waals surface area contributed by atoms with Crippen LogP contribution in [0.3, 0.4) is 0 Å². The van der Waals surface area contributed by atoms with Crippen molar-refractivity contribution in [2.45, 2.75) is 32.0 Å². The monoisotopic (exact) mass is 176 g/mol. The summed E-state index contributed by atoms with van der Waals surface area (Å²) in [5.41, 5.74) is 0. The minimum Gasteiger partial charge on any atom is -0.394 e. The summed E-state index contributed by atoms with van der Waals surface area (Å²) >= 11 is 0. The molecule has 1 N–H and O–H groups in total. The van der Waals surface area contributed by atoms with Gasteiger partial charge in [0.25, 0.3) is 0 Å². The molecule has 1 heterocycles. The molecule has 0 radical (unpaired) electrons. The standard InChI is InChI=1S/C6H12O2.C2H2.CH3F/c1-5-2-3-6(4-7)8-5;2*1-2/h5-7H,2-4H2,1H3;1-2H;1H3. The summed E-state index contributed by atoms with van der Waals surface area (Å²) in [6.45, 7) is 2.22. The lowest BCUT2D eigenvalue weighted by molar-refractivity contribution is 0.0198. The Morgan fingerprint density at radius 2 is 1.92 bits per heavy atom. The van der Waals surface area contributed by atoms with Gasteiger partial charge in [0.15, 0.2) is 0 Å². The summed E-state index contributed by atoms with van der Waals surface area (Å²) in [5.74, 6) is 0. The summed E-state index contributed by atoms with van der Waals surface area (Å²) in [6.07, 6.45) is 10.6. The highest BCUT2D eigenvalue weighted by atomic mass is 19.1. The summed E-state index contributed by atoms with van der Waals surface area (Å²) < 4.78 is 14.8. The van der Waals surface area contributed by atoms with E-state index in [1.165, 1.54) is 0 Å². The van der Waals surface area contributed by atoms with Crippen LogP contribution in [-0.2, 0) is 4.74 Å². The molecule has 1 saturated heterocycles. The second-order valence-electron chi connectivity index (χ2n) is 2.33. The molecule has 0 aromatic carbocycles. The van der Waals surface area contributed by atoms with Gasteiger partial charge in [0, 0.05) is 0 Å². The first-order valence-electron chi connectivity index (χ1n) is 3.80. The first-order chi connectivity index (χ1) is 5.83. The highest BCUT2D eigenvalue weighted by Crippen LogP contribution is 2.17. The number of aliphatic hydroxyl groups is 1. The fourth-order valence-corrected chi connectivity index (χ4v) is 1.02. The Morgan fingerprint density at radius 1 is 1.42 bits per heavy atom. The van der Waals surface area contributed by atoms with E-state index in [1.54, 1.807) is 0 Å². The van der Waals surface area contributed by atoms with E-state index in [2.05, 4.69) is 12.8 Å². The number of aliphatic hydroxyl groups excluding tert-OH is 1. The number of rotatable bonds is 1. The molecule has 12 heavy (non-hydrogen) atoms. The van der Waals surface area contributed by atoms with Crippen LogP contribution in [0.4, 0.5) is 4.39 Å². The van der Waals surface area contributed by atoms with Gasteiger partial charge in [0.05, 0.1) is 26.0 Å². The number of ether oxygens (including phenoxy) is 1. The number of halogens is 1. The van der Waals surface area contributed by atoms with Crippen molar-refractivity contribution >= 4 is 0 Å². The van der Waals surface area contributed by atoms with Gasteiger partial charge in [-0.25, -0.2) is 0 Å². The maximum Gasteiger partial charge on any atom is 0.0810 e. The second-order valence-corrected chi connectivity index (χ2v) is 2.33. The van der Waals surface area contributed by atoms with E-state index in [0.717, 1.165) is 12.8 Å². The Labute approximate surface area is 73.7 Å². The maximum atomic E-state index is 9.50. The lowest BCUT2D eigenvalue weighted by Crippen LogP contribution is -2.11. The van der Waals surface area contributed by atoms with Crippen LogP contribution in [0.25, 0.3) is 0 Å². The first-order valence-corrected chi connectivity index (χ1v) is 3.80. The number of terminal acetylenes is 1. The molecule has 1 aliphatic rings. The van der Waals surface area contributed by atoms with Crippen molar-refractivity contribution in [2.24, 2.45) is 0 Å². The number of hydrogen-bond donors (Lipinski definition) is 1. The Kier molecular flexibility index (Phi) is 12.1. The van der Waals surface area contributed by atoms with Gasteiger partial charge in [-0.15, -0.1) is 12.8 Å². The molecule has 2 atom stereocenters. The Hall–Kier alpha value is -0.590. The maximum absolute atomic E-state index is 9.50. The summed E-state index contributed by atoms with van der Waals surface area (Å²) in [6, 6.07) is 0. The zero-order chi connectivity index (χ0) is 9.98. The van der Waals surface area contributed by atoms with E-state index in [4.69, 9.17) is 9.84 Å². The van der Waals surface area contributed by atoms with Gasteiger partial charge in [-0.2, -0.15) is 0 Å². The molecule has 0 aliphatic carbocycles. The van der Waals surface area contributed by atoms with E-state index in [1.807, 2.05) is 6.92 Å². The minimum atomic E-state index is 0.130. The third-order valence-electron chi connectivity index (χ3n) is 1.52. The lowest BCUT2D eigenvalue weighted by Gasteiger charge is -2.05. The average molecular weight is 176 g/mol. The smallest absolute Gasteiger partial charge is 0.0810 e. The number of alkyl halides is 1. The Balaban J connectivity index is 0. The van der Waals surface area contributed by atoms with Gasteiger partial charge < -0.3 is 9.84 Å². The van der Waals surface area contributed by atoms with Gasteiger partial charge in [0.1, 0.15) is 0 Å². The molecule has 0 saturated carbocycles. The van der Waals surface area contributed by atoms with Crippen LogP contribution in [0.15, 0.2) is 0 Å². The van der Waals surface area contributed by atoms with Gasteiger partial charge in [-0.05, 0) is 19.8 Å². The van der Waals surface area contributed by atoms with Crippen LogP contribution in [0.1, 0.15) is 19.8 Å². The van der Waals surface area contributed by atoms with Crippen LogP contribution in [0, 0.1) is 12.8 Å². The fraction of sp³-hybridized carbons (Fsp3) is 0.778. The van der Waals surface area contributed by atoms with Crippen LogP contribution in [-0.4, -0.2) is 31.1 Å². The largest absolute Gasteiger partial charge is 0.394 e. The van der Waals surface area contributed by atoms with Crippen LogP contribution < -0.4 is 0 Å². The summed E-state index contributed by atoms with van der Waals surface area (Å²) in [4.78, 5) is 0. The van der Waals surface area contributed by atoms with E-state index >= 15 is 0 Å². The number of hydrogen-bond acceptors (Lipinski definition) is 2. The first kappa shape index (κ1) is 14.0. The molecule has 3 heteroatoms. The molecule has 0 spiro atoms. The molecule has 1 aliphatic heterocycles. The van der Waals surface area contributed by atoms with Gasteiger partial charge >= 0.3 is 0 Å². The van der Waals surface area contributed by atoms with Crippen LogP contribution in [0.5, 0.6) is 0 Å². The normalized spacial score (nSPS) is 26.2. The van der Waals surface area contributed by atoms with Crippen LogP contribution in [0.2, 0.25) is 0 Å². The predicted molar refractivity (Wildman–Crippen MR) is 47.6 cm³/mol. The highest BCUT2D eigenvalue weighted by Gasteiger charge is 2.19. The highest BCUT2D eigenvalue weighted by molar-refractivity contribution is 4.68. The van der Waals surface area contributed by atoms with Crippen molar-refractivity contribution in [3.8, 4) is 12.8 Å². The lowest BCUT2D eigenvalue weighted by atomic mass is 10.2. The van der Waals surface area contributed by atoms with Crippen molar-refractivity contribution in [2.75, 3.05) is 13.8 Å². The van der Waals surface area contributed by atoms with Crippen molar-refractivity contribution < 1.29 is 14.2 Å². The molecule has 0 aromatic heterocycles. The van der Waals surface area contributed by atoms with Gasteiger partial charge in [0.2, 0.25) is 0 Å². The molecule has 2 unspecified atom stereocenters. The topological polar surface area (TPSA) is 29.5 Å². The van der Waals surface area contributed by atoms with Crippen molar-refractivity contribution in [3.63, 3.8) is 0 Å². The van der Waals surface area contributed by atoms with Crippen molar-refractivity contribution in [1.29, 1.82) is 0 Å².